The van der Waals surface area contributed by atoms with Crippen LogP contribution < -0.4 is 21.1 Å². The average Bonchev–Trinajstić information content (AvgIpc) is 3.55. The standard InChI is InChI=1S/C42H52N8O3/c1-3-36(51)47-34-22-31(9-10-35(34)53-33-7-5-4-6-8-33)38-37-39(43)45-26-46-40(37)50(48-38)32-12-16-49(17-13-32)18-15-44-41(52)27(2)11-14-42-23-28-19-29(24-42)21-30(20-28)25-42/h3-10,22,26-30,32H,1,11-21,23-25H2,2H3,(H,44,52)(H,47,51)(H2,43,45,46). The maximum Gasteiger partial charge on any atom is 0.247 e. The highest BCUT2D eigenvalue weighted by atomic mass is 16.5. The van der Waals surface area contributed by atoms with E-state index in [1.165, 1.54) is 57.3 Å². The fraction of sp³-hybridized carbons (Fsp3) is 0.500. The molecule has 2 amide bonds. The van der Waals surface area contributed by atoms with E-state index < -0.39 is 0 Å². The Balaban J connectivity index is 0.892. The van der Waals surface area contributed by atoms with Gasteiger partial charge in [-0.1, -0.05) is 31.7 Å². The molecule has 11 heteroatoms. The van der Waals surface area contributed by atoms with E-state index >= 15 is 0 Å². The van der Waals surface area contributed by atoms with Gasteiger partial charge in [0, 0.05) is 37.7 Å². The highest BCUT2D eigenvalue weighted by molar-refractivity contribution is 6.02. The number of benzene rings is 2. The third-order valence-corrected chi connectivity index (χ3v) is 12.5. The number of aromatic nitrogens is 4. The van der Waals surface area contributed by atoms with Crippen LogP contribution in [-0.2, 0) is 9.59 Å². The van der Waals surface area contributed by atoms with Crippen molar-refractivity contribution in [2.75, 3.05) is 37.2 Å². The number of carbonyl (C=O) groups excluding carboxylic acids is 2. The molecule has 4 aliphatic carbocycles. The van der Waals surface area contributed by atoms with Crippen LogP contribution in [0.15, 0.2) is 67.5 Å². The van der Waals surface area contributed by atoms with Crippen molar-refractivity contribution in [3.63, 3.8) is 0 Å². The number of carbonyl (C=O) groups is 2. The van der Waals surface area contributed by atoms with Crippen molar-refractivity contribution in [2.45, 2.75) is 77.2 Å². The lowest BCUT2D eigenvalue weighted by atomic mass is 9.48. The van der Waals surface area contributed by atoms with E-state index in [2.05, 4.69) is 39.0 Å². The summed E-state index contributed by atoms with van der Waals surface area (Å²) < 4.78 is 8.11. The summed E-state index contributed by atoms with van der Waals surface area (Å²) in [6.07, 6.45) is 15.3. The van der Waals surface area contributed by atoms with Crippen LogP contribution in [0.2, 0.25) is 0 Å². The summed E-state index contributed by atoms with van der Waals surface area (Å²) in [7, 11) is 0. The molecule has 53 heavy (non-hydrogen) atoms. The van der Waals surface area contributed by atoms with Gasteiger partial charge >= 0.3 is 0 Å². The predicted octanol–water partition coefficient (Wildman–Crippen LogP) is 7.38. The number of piperidine rings is 1. The molecule has 1 atom stereocenters. The van der Waals surface area contributed by atoms with Crippen LogP contribution >= 0.6 is 0 Å². The van der Waals surface area contributed by atoms with Gasteiger partial charge in [0.25, 0.3) is 0 Å². The van der Waals surface area contributed by atoms with Crippen LogP contribution in [-0.4, -0.2) is 62.6 Å². The summed E-state index contributed by atoms with van der Waals surface area (Å²) >= 11 is 0. The molecule has 0 spiro atoms. The van der Waals surface area contributed by atoms with Gasteiger partial charge in [-0.15, -0.1) is 0 Å². The first-order valence-electron chi connectivity index (χ1n) is 19.6. The first kappa shape index (κ1) is 35.3. The molecule has 0 radical (unpaired) electrons. The maximum absolute atomic E-state index is 13.1. The van der Waals surface area contributed by atoms with Gasteiger partial charge in [0.05, 0.1) is 17.1 Å². The van der Waals surface area contributed by atoms with E-state index in [0.29, 0.717) is 51.7 Å². The first-order chi connectivity index (χ1) is 25.8. The van der Waals surface area contributed by atoms with E-state index in [9.17, 15) is 9.59 Å². The Bertz CT molecular complexity index is 1930. The van der Waals surface area contributed by atoms with Crippen molar-refractivity contribution >= 4 is 34.4 Å². The Hall–Kier alpha value is -4.77. The first-order valence-corrected chi connectivity index (χ1v) is 19.6. The second kappa shape index (κ2) is 14.9. The number of fused-ring (bicyclic) bond motifs is 1. The fourth-order valence-corrected chi connectivity index (χ4v) is 10.3. The molecular weight excluding hydrogens is 665 g/mol. The number of amides is 2. The zero-order chi connectivity index (χ0) is 36.5. The summed E-state index contributed by atoms with van der Waals surface area (Å²) in [5.41, 5.74) is 9.54. The van der Waals surface area contributed by atoms with Gasteiger partial charge in [0.1, 0.15) is 23.6 Å². The Kier molecular flexibility index (Phi) is 9.93. The largest absolute Gasteiger partial charge is 0.455 e. The lowest BCUT2D eigenvalue weighted by Gasteiger charge is -2.57. The number of nitrogens with zero attached hydrogens (tertiary/aromatic N) is 5. The smallest absolute Gasteiger partial charge is 0.247 e. The molecule has 11 nitrogen and oxygen atoms in total. The Morgan fingerprint density at radius 2 is 1.75 bits per heavy atom. The molecule has 278 valence electrons. The highest BCUT2D eigenvalue weighted by Gasteiger charge is 2.50. The zero-order valence-corrected chi connectivity index (χ0v) is 30.8. The summed E-state index contributed by atoms with van der Waals surface area (Å²) in [4.78, 5) is 36.9. The molecular formula is C42H52N8O3. The molecule has 1 unspecified atom stereocenters. The number of anilines is 2. The van der Waals surface area contributed by atoms with Crippen LogP contribution in [0.4, 0.5) is 11.5 Å². The van der Waals surface area contributed by atoms with Crippen molar-refractivity contribution in [3.05, 3.63) is 67.5 Å². The predicted molar refractivity (Wildman–Crippen MR) is 207 cm³/mol. The number of likely N-dealkylation sites (tertiary alicyclic amines) is 1. The van der Waals surface area contributed by atoms with Crippen LogP contribution in [0, 0.1) is 29.1 Å². The second-order valence-corrected chi connectivity index (χ2v) is 16.3. The Morgan fingerprint density at radius 1 is 1.04 bits per heavy atom. The number of ether oxygens (including phenoxy) is 1. The van der Waals surface area contributed by atoms with Crippen molar-refractivity contribution in [2.24, 2.45) is 29.1 Å². The van der Waals surface area contributed by atoms with E-state index in [-0.39, 0.29) is 23.8 Å². The van der Waals surface area contributed by atoms with Gasteiger partial charge in [0.15, 0.2) is 11.4 Å². The van der Waals surface area contributed by atoms with E-state index in [1.807, 2.05) is 53.2 Å². The molecule has 1 saturated heterocycles. The van der Waals surface area contributed by atoms with Crippen molar-refractivity contribution in [3.8, 4) is 22.8 Å². The minimum absolute atomic E-state index is 0.0624. The van der Waals surface area contributed by atoms with Crippen molar-refractivity contribution < 1.29 is 14.3 Å². The molecule has 4 aromatic rings. The van der Waals surface area contributed by atoms with Crippen LogP contribution in [0.1, 0.15) is 77.2 Å². The van der Waals surface area contributed by atoms with Gasteiger partial charge in [-0.2, -0.15) is 5.10 Å². The third kappa shape index (κ3) is 7.54. The molecule has 2 aromatic heterocycles. The quantitative estimate of drug-likeness (QED) is 0.122. The molecule has 5 fully saturated rings. The van der Waals surface area contributed by atoms with Crippen LogP contribution in [0.5, 0.6) is 11.5 Å². The van der Waals surface area contributed by atoms with Crippen molar-refractivity contribution in [1.82, 2.24) is 30.0 Å². The second-order valence-electron chi connectivity index (χ2n) is 16.3. The number of hydrogen-bond acceptors (Lipinski definition) is 8. The van der Waals surface area contributed by atoms with E-state index in [4.69, 9.17) is 15.6 Å². The van der Waals surface area contributed by atoms with Crippen LogP contribution in [0.25, 0.3) is 22.3 Å². The Labute approximate surface area is 311 Å². The van der Waals surface area contributed by atoms with Crippen LogP contribution in [0.3, 0.4) is 0 Å². The monoisotopic (exact) mass is 716 g/mol. The number of nitrogen functional groups attached to an aromatic ring is 1. The summed E-state index contributed by atoms with van der Waals surface area (Å²) in [5, 5.41) is 11.9. The minimum atomic E-state index is -0.355. The molecule has 2 aromatic carbocycles. The number of nitrogens with two attached hydrogens (primary N) is 1. The SMILES string of the molecule is C=CC(=O)Nc1cc(-c2nn(C3CCN(CCNC(=O)C(C)CCC45CC6CC(CC(C6)C4)C5)CC3)c3ncnc(N)c23)ccc1Oc1ccccc1. The van der Waals surface area contributed by atoms with Gasteiger partial charge in [-0.25, -0.2) is 14.6 Å². The highest BCUT2D eigenvalue weighted by Crippen LogP contribution is 2.61. The normalized spacial score (nSPS) is 24.6. The molecule has 4 saturated carbocycles. The number of nitrogens with one attached hydrogen (secondary N) is 2. The minimum Gasteiger partial charge on any atom is -0.455 e. The maximum atomic E-state index is 13.1. The summed E-state index contributed by atoms with van der Waals surface area (Å²) in [6.45, 7) is 9.00. The Morgan fingerprint density at radius 3 is 2.45 bits per heavy atom. The van der Waals surface area contributed by atoms with Gasteiger partial charge in [-0.05, 0) is 124 Å². The number of rotatable bonds is 13. The summed E-state index contributed by atoms with van der Waals surface area (Å²) in [5.74, 6) is 4.26. The molecule has 9 rings (SSSR count). The fourth-order valence-electron chi connectivity index (χ4n) is 10.3. The zero-order valence-electron chi connectivity index (χ0n) is 30.8. The van der Waals surface area contributed by atoms with E-state index in [0.717, 1.165) is 62.2 Å². The molecule has 5 aliphatic rings. The van der Waals surface area contributed by atoms with Gasteiger partial charge in [0.2, 0.25) is 11.8 Å². The van der Waals surface area contributed by atoms with Gasteiger partial charge in [-0.3, -0.25) is 9.59 Å². The van der Waals surface area contributed by atoms with Gasteiger partial charge < -0.3 is 26.0 Å². The lowest BCUT2D eigenvalue weighted by molar-refractivity contribution is -0.125. The molecule has 4 N–H and O–H groups in total. The van der Waals surface area contributed by atoms with Crippen molar-refractivity contribution in [1.29, 1.82) is 0 Å². The number of para-hydroxylation sites is 1. The number of hydrogen-bond donors (Lipinski definition) is 3. The topological polar surface area (TPSA) is 140 Å². The molecule has 1 aliphatic heterocycles. The summed E-state index contributed by atoms with van der Waals surface area (Å²) in [6, 6.07) is 15.1. The lowest BCUT2D eigenvalue weighted by Crippen LogP contribution is -2.46. The third-order valence-electron chi connectivity index (χ3n) is 12.5. The average molecular weight is 717 g/mol. The molecule has 3 heterocycles. The molecule has 4 bridgehead atoms. The van der Waals surface area contributed by atoms with E-state index in [1.54, 1.807) is 0 Å².